The Morgan fingerprint density at radius 1 is 1.45 bits per heavy atom. The van der Waals surface area contributed by atoms with Crippen molar-refractivity contribution in [3.05, 3.63) is 23.8 Å². The molecule has 1 saturated heterocycles. The first-order valence-corrected chi connectivity index (χ1v) is 7.74. The van der Waals surface area contributed by atoms with Gasteiger partial charge >= 0.3 is 5.97 Å². The Hall–Kier alpha value is -1.75. The summed E-state index contributed by atoms with van der Waals surface area (Å²) in [6.07, 6.45) is 2.79. The van der Waals surface area contributed by atoms with E-state index in [1.807, 2.05) is 18.2 Å². The van der Waals surface area contributed by atoms with E-state index in [1.54, 1.807) is 14.0 Å². The highest BCUT2D eigenvalue weighted by Gasteiger charge is 2.21. The van der Waals surface area contributed by atoms with Crippen LogP contribution >= 0.6 is 0 Å². The van der Waals surface area contributed by atoms with Crippen LogP contribution in [0.15, 0.2) is 18.2 Å². The molecule has 5 heteroatoms. The molecule has 0 bridgehead atoms. The molecular formula is C17H25NO4. The second-order valence-corrected chi connectivity index (χ2v) is 6.07. The molecule has 0 aliphatic carbocycles. The number of carboxylic acid groups (broad SMARTS) is 1. The minimum atomic E-state index is -0.785. The van der Waals surface area contributed by atoms with Gasteiger partial charge in [-0.05, 0) is 50.6 Å². The molecule has 1 fully saturated rings. The number of hydrogen-bond donors (Lipinski definition) is 1. The first kappa shape index (κ1) is 16.6. The van der Waals surface area contributed by atoms with Crippen LogP contribution in [0.25, 0.3) is 0 Å². The maximum absolute atomic E-state index is 11.0. The van der Waals surface area contributed by atoms with Crippen molar-refractivity contribution in [2.24, 2.45) is 5.92 Å². The molecule has 0 amide bonds. The number of carbonyl (C=O) groups is 1. The minimum absolute atomic E-state index is 0.153. The van der Waals surface area contributed by atoms with Gasteiger partial charge in [0.15, 0.2) is 11.5 Å². The van der Waals surface area contributed by atoms with Crippen molar-refractivity contribution in [1.29, 1.82) is 0 Å². The SMILES string of the molecule is COc1ccc(CC(C)C(=O)O)cc1OC1CCCN(C)C1. The van der Waals surface area contributed by atoms with Crippen LogP contribution in [-0.2, 0) is 11.2 Å². The predicted octanol–water partition coefficient (Wildman–Crippen LogP) is 2.43. The number of piperidine rings is 1. The van der Waals surface area contributed by atoms with Crippen molar-refractivity contribution < 1.29 is 19.4 Å². The number of likely N-dealkylation sites (N-methyl/N-ethyl adjacent to an activating group) is 1. The summed E-state index contributed by atoms with van der Waals surface area (Å²) < 4.78 is 11.5. The summed E-state index contributed by atoms with van der Waals surface area (Å²) in [7, 11) is 3.71. The van der Waals surface area contributed by atoms with Gasteiger partial charge < -0.3 is 19.5 Å². The summed E-state index contributed by atoms with van der Waals surface area (Å²) in [5.74, 6) is 0.201. The van der Waals surface area contributed by atoms with Gasteiger partial charge in [0.25, 0.3) is 0 Å². The Bertz CT molecular complexity index is 517. The molecule has 1 heterocycles. The fourth-order valence-corrected chi connectivity index (χ4v) is 2.78. The Morgan fingerprint density at radius 2 is 2.23 bits per heavy atom. The zero-order chi connectivity index (χ0) is 16.1. The minimum Gasteiger partial charge on any atom is -0.493 e. The Kier molecular flexibility index (Phi) is 5.66. The molecular weight excluding hydrogens is 282 g/mol. The van der Waals surface area contributed by atoms with E-state index >= 15 is 0 Å². The van der Waals surface area contributed by atoms with Gasteiger partial charge in [-0.25, -0.2) is 0 Å². The van der Waals surface area contributed by atoms with Crippen LogP contribution in [0, 0.1) is 5.92 Å². The van der Waals surface area contributed by atoms with Crippen molar-refractivity contribution in [1.82, 2.24) is 4.90 Å². The van der Waals surface area contributed by atoms with E-state index in [4.69, 9.17) is 14.6 Å². The second kappa shape index (κ2) is 7.49. The van der Waals surface area contributed by atoms with Crippen LogP contribution in [0.5, 0.6) is 11.5 Å². The molecule has 1 aliphatic rings. The van der Waals surface area contributed by atoms with Crippen LogP contribution in [0.2, 0.25) is 0 Å². The Morgan fingerprint density at radius 3 is 2.86 bits per heavy atom. The molecule has 2 atom stereocenters. The van der Waals surface area contributed by atoms with Gasteiger partial charge in [-0.15, -0.1) is 0 Å². The van der Waals surface area contributed by atoms with Crippen molar-refractivity contribution in [2.45, 2.75) is 32.3 Å². The zero-order valence-electron chi connectivity index (χ0n) is 13.5. The Labute approximate surface area is 131 Å². The number of likely N-dealkylation sites (tertiary alicyclic amines) is 1. The quantitative estimate of drug-likeness (QED) is 0.874. The third kappa shape index (κ3) is 4.37. The smallest absolute Gasteiger partial charge is 0.306 e. The molecule has 0 aromatic heterocycles. The summed E-state index contributed by atoms with van der Waals surface area (Å²) in [6.45, 7) is 3.72. The molecule has 0 radical (unpaired) electrons. The zero-order valence-corrected chi connectivity index (χ0v) is 13.5. The molecule has 2 rings (SSSR count). The number of methoxy groups -OCH3 is 1. The van der Waals surface area contributed by atoms with Gasteiger partial charge in [-0.2, -0.15) is 0 Å². The Balaban J connectivity index is 2.11. The first-order valence-electron chi connectivity index (χ1n) is 7.74. The second-order valence-electron chi connectivity index (χ2n) is 6.07. The van der Waals surface area contributed by atoms with Gasteiger partial charge in [0.05, 0.1) is 13.0 Å². The molecule has 1 aromatic carbocycles. The van der Waals surface area contributed by atoms with Gasteiger partial charge in [-0.1, -0.05) is 13.0 Å². The topological polar surface area (TPSA) is 59.0 Å². The van der Waals surface area contributed by atoms with Crippen LogP contribution < -0.4 is 9.47 Å². The average molecular weight is 307 g/mol. The van der Waals surface area contributed by atoms with Crippen molar-refractivity contribution in [3.8, 4) is 11.5 Å². The van der Waals surface area contributed by atoms with E-state index < -0.39 is 11.9 Å². The maximum Gasteiger partial charge on any atom is 0.306 e. The molecule has 1 aliphatic heterocycles. The number of ether oxygens (including phenoxy) is 2. The lowest BCUT2D eigenvalue weighted by Gasteiger charge is -2.30. The van der Waals surface area contributed by atoms with Crippen molar-refractivity contribution in [3.63, 3.8) is 0 Å². The van der Waals surface area contributed by atoms with Crippen LogP contribution in [0.4, 0.5) is 0 Å². The molecule has 5 nitrogen and oxygen atoms in total. The number of nitrogens with zero attached hydrogens (tertiary/aromatic N) is 1. The van der Waals surface area contributed by atoms with E-state index in [9.17, 15) is 4.79 Å². The standard InChI is InChI=1S/C17H25NO4/c1-12(17(19)20)9-13-6-7-15(21-3)16(10-13)22-14-5-4-8-18(2)11-14/h6-7,10,12,14H,4-5,8-9,11H2,1-3H3,(H,19,20). The number of carboxylic acids is 1. The van der Waals surface area contributed by atoms with Crippen molar-refractivity contribution >= 4 is 5.97 Å². The summed E-state index contributed by atoms with van der Waals surface area (Å²) in [5.41, 5.74) is 0.954. The van der Waals surface area contributed by atoms with Gasteiger partial charge in [0, 0.05) is 6.54 Å². The third-order valence-corrected chi connectivity index (χ3v) is 4.07. The normalized spacial score (nSPS) is 20.4. The van der Waals surface area contributed by atoms with Crippen LogP contribution in [-0.4, -0.2) is 49.3 Å². The molecule has 2 unspecified atom stereocenters. The van der Waals surface area contributed by atoms with Gasteiger partial charge in [0.2, 0.25) is 0 Å². The molecule has 1 aromatic rings. The fraction of sp³-hybridized carbons (Fsp3) is 0.588. The van der Waals surface area contributed by atoms with E-state index in [2.05, 4.69) is 11.9 Å². The lowest BCUT2D eigenvalue weighted by atomic mass is 10.0. The molecule has 0 saturated carbocycles. The molecule has 22 heavy (non-hydrogen) atoms. The maximum atomic E-state index is 11.0. The number of hydrogen-bond acceptors (Lipinski definition) is 4. The average Bonchev–Trinajstić information content (AvgIpc) is 2.47. The third-order valence-electron chi connectivity index (χ3n) is 4.07. The van der Waals surface area contributed by atoms with Crippen molar-refractivity contribution in [2.75, 3.05) is 27.2 Å². The molecule has 0 spiro atoms. The molecule has 1 N–H and O–H groups in total. The van der Waals surface area contributed by atoms with Crippen LogP contribution in [0.1, 0.15) is 25.3 Å². The number of aliphatic carboxylic acids is 1. The van der Waals surface area contributed by atoms with Gasteiger partial charge in [-0.3, -0.25) is 4.79 Å². The summed E-state index contributed by atoms with van der Waals surface area (Å²) in [4.78, 5) is 13.3. The lowest BCUT2D eigenvalue weighted by Crippen LogP contribution is -2.38. The van der Waals surface area contributed by atoms with E-state index in [-0.39, 0.29) is 6.10 Å². The van der Waals surface area contributed by atoms with Crippen LogP contribution in [0.3, 0.4) is 0 Å². The lowest BCUT2D eigenvalue weighted by molar-refractivity contribution is -0.141. The first-order chi connectivity index (χ1) is 10.5. The summed E-state index contributed by atoms with van der Waals surface area (Å²) in [5, 5.41) is 9.04. The fourth-order valence-electron chi connectivity index (χ4n) is 2.78. The van der Waals surface area contributed by atoms with E-state index in [0.29, 0.717) is 17.9 Å². The van der Waals surface area contributed by atoms with E-state index in [0.717, 1.165) is 31.5 Å². The predicted molar refractivity (Wildman–Crippen MR) is 84.6 cm³/mol. The largest absolute Gasteiger partial charge is 0.493 e. The monoisotopic (exact) mass is 307 g/mol. The highest BCUT2D eigenvalue weighted by Crippen LogP contribution is 2.31. The highest BCUT2D eigenvalue weighted by atomic mass is 16.5. The highest BCUT2D eigenvalue weighted by molar-refractivity contribution is 5.70. The van der Waals surface area contributed by atoms with E-state index in [1.165, 1.54) is 0 Å². The number of benzene rings is 1. The summed E-state index contributed by atoms with van der Waals surface area (Å²) in [6, 6.07) is 5.66. The van der Waals surface area contributed by atoms with Gasteiger partial charge in [0.1, 0.15) is 6.10 Å². The summed E-state index contributed by atoms with van der Waals surface area (Å²) >= 11 is 0. The molecule has 122 valence electrons. The number of rotatable bonds is 6.